The Morgan fingerprint density at radius 2 is 1.67 bits per heavy atom. The Kier molecular flexibility index (Phi) is 5.15. The summed E-state index contributed by atoms with van der Waals surface area (Å²) in [7, 11) is 0. The minimum atomic E-state index is 0.580. The van der Waals surface area contributed by atoms with Crippen LogP contribution >= 0.6 is 23.8 Å². The van der Waals surface area contributed by atoms with Crippen molar-refractivity contribution in [3.05, 3.63) is 76.8 Å². The lowest BCUT2D eigenvalue weighted by Gasteiger charge is -2.19. The Labute approximate surface area is 184 Å². The summed E-state index contributed by atoms with van der Waals surface area (Å²) in [6.45, 7) is 1.17. The molecule has 1 N–H and O–H groups in total. The number of benzene rings is 3. The van der Waals surface area contributed by atoms with Crippen LogP contribution in [0.25, 0.3) is 22.4 Å². The van der Waals surface area contributed by atoms with Crippen LogP contribution < -0.4 is 9.47 Å². The Bertz CT molecular complexity index is 1220. The van der Waals surface area contributed by atoms with Gasteiger partial charge in [0, 0.05) is 23.3 Å². The first-order valence-corrected chi connectivity index (χ1v) is 10.6. The minimum absolute atomic E-state index is 0.580. The lowest BCUT2D eigenvalue weighted by atomic mass is 10.0. The van der Waals surface area contributed by atoms with E-state index in [0.29, 0.717) is 31.1 Å². The van der Waals surface area contributed by atoms with Crippen molar-refractivity contribution in [2.24, 2.45) is 0 Å². The summed E-state index contributed by atoms with van der Waals surface area (Å²) in [5.41, 5.74) is 5.02. The van der Waals surface area contributed by atoms with Gasteiger partial charge in [0.15, 0.2) is 11.5 Å². The number of ether oxygens (including phenoxy) is 2. The molecular formula is C24H19ClN2O2S. The van der Waals surface area contributed by atoms with Gasteiger partial charge in [-0.2, -0.15) is 0 Å². The molecule has 0 radical (unpaired) electrons. The summed E-state index contributed by atoms with van der Waals surface area (Å²) in [6, 6.07) is 20.0. The quantitative estimate of drug-likeness (QED) is 0.402. The van der Waals surface area contributed by atoms with E-state index in [0.717, 1.165) is 49.9 Å². The smallest absolute Gasteiger partial charge is 0.161 e. The number of nitrogens with one attached hydrogen (secondary N) is 1. The third kappa shape index (κ3) is 3.91. The molecule has 4 aromatic rings. The molecule has 30 heavy (non-hydrogen) atoms. The highest BCUT2D eigenvalue weighted by molar-refractivity contribution is 7.80. The van der Waals surface area contributed by atoms with E-state index >= 15 is 0 Å². The van der Waals surface area contributed by atoms with Gasteiger partial charge in [-0.15, -0.1) is 0 Å². The van der Waals surface area contributed by atoms with Crippen LogP contribution in [0.2, 0.25) is 5.02 Å². The summed E-state index contributed by atoms with van der Waals surface area (Å²) in [4.78, 5) is 8.97. The van der Waals surface area contributed by atoms with Crippen LogP contribution in [0.1, 0.15) is 11.1 Å². The zero-order chi connectivity index (χ0) is 20.5. The number of imidazole rings is 1. The van der Waals surface area contributed by atoms with Crippen molar-refractivity contribution in [1.29, 1.82) is 0 Å². The van der Waals surface area contributed by atoms with Crippen molar-refractivity contribution < 1.29 is 9.47 Å². The van der Waals surface area contributed by atoms with E-state index in [2.05, 4.69) is 16.0 Å². The molecule has 0 atom stereocenters. The predicted octanol–water partition coefficient (Wildman–Crippen LogP) is 5.81. The van der Waals surface area contributed by atoms with Crippen LogP contribution in [0, 0.1) is 0 Å². The molecule has 0 saturated carbocycles. The largest absolute Gasteiger partial charge is 0.486 e. The molecule has 0 spiro atoms. The maximum absolute atomic E-state index is 6.47. The summed E-state index contributed by atoms with van der Waals surface area (Å²) < 4.78 is 11.3. The number of aromatic amines is 1. The van der Waals surface area contributed by atoms with Crippen molar-refractivity contribution in [3.63, 3.8) is 0 Å². The highest BCUT2D eigenvalue weighted by atomic mass is 35.5. The number of rotatable bonds is 5. The molecule has 2 heterocycles. The topological polar surface area (TPSA) is 47.1 Å². The fourth-order valence-electron chi connectivity index (χ4n) is 3.66. The van der Waals surface area contributed by atoms with Crippen molar-refractivity contribution in [3.8, 4) is 22.9 Å². The minimum Gasteiger partial charge on any atom is -0.486 e. The molecule has 4 nitrogen and oxygen atoms in total. The summed E-state index contributed by atoms with van der Waals surface area (Å²) in [6.07, 6.45) is 1.39. The second kappa shape index (κ2) is 8.09. The van der Waals surface area contributed by atoms with Gasteiger partial charge in [0.05, 0.1) is 16.1 Å². The number of hydrogen-bond donors (Lipinski definition) is 1. The number of halogens is 1. The van der Waals surface area contributed by atoms with Crippen molar-refractivity contribution in [2.45, 2.75) is 12.8 Å². The van der Waals surface area contributed by atoms with Crippen molar-refractivity contribution >= 4 is 39.7 Å². The monoisotopic (exact) mass is 434 g/mol. The summed E-state index contributed by atoms with van der Waals surface area (Å²) >= 11 is 12.2. The molecule has 5 rings (SSSR count). The molecule has 3 aromatic carbocycles. The molecule has 150 valence electrons. The van der Waals surface area contributed by atoms with Gasteiger partial charge in [-0.3, -0.25) is 0 Å². The molecule has 0 saturated heterocycles. The second-order valence-corrected chi connectivity index (χ2v) is 8.27. The number of thiocarbonyl (C=S) groups is 1. The van der Waals surface area contributed by atoms with Gasteiger partial charge in [0.25, 0.3) is 0 Å². The van der Waals surface area contributed by atoms with Crippen molar-refractivity contribution in [1.82, 2.24) is 9.97 Å². The second-order valence-electron chi connectivity index (χ2n) is 7.29. The lowest BCUT2D eigenvalue weighted by molar-refractivity contribution is 0.171. The molecule has 1 aromatic heterocycles. The number of para-hydroxylation sites is 2. The molecule has 0 fully saturated rings. The fraction of sp³-hybridized carbons (Fsp3) is 0.167. The third-order valence-electron chi connectivity index (χ3n) is 5.08. The average Bonchev–Trinajstić information content (AvgIpc) is 3.19. The number of H-pyrrole nitrogens is 1. The molecule has 1 aliphatic heterocycles. The first kappa shape index (κ1) is 19.1. The SMILES string of the molecule is S=C(Cc1ccc2c(c1)OCCO2)Cc1ccc(Cl)c(-c2nc3ccccc3[nH]2)c1. The van der Waals surface area contributed by atoms with E-state index in [1.165, 1.54) is 0 Å². The first-order valence-electron chi connectivity index (χ1n) is 9.79. The van der Waals surface area contributed by atoms with Gasteiger partial charge >= 0.3 is 0 Å². The van der Waals surface area contributed by atoms with Gasteiger partial charge < -0.3 is 14.5 Å². The van der Waals surface area contributed by atoms with Crippen LogP contribution in [-0.4, -0.2) is 28.0 Å². The Morgan fingerprint density at radius 3 is 2.50 bits per heavy atom. The van der Waals surface area contributed by atoms with E-state index in [9.17, 15) is 0 Å². The number of aromatic nitrogens is 2. The molecule has 1 aliphatic rings. The number of hydrogen-bond acceptors (Lipinski definition) is 4. The van der Waals surface area contributed by atoms with Crippen molar-refractivity contribution in [2.75, 3.05) is 13.2 Å². The lowest BCUT2D eigenvalue weighted by Crippen LogP contribution is -2.15. The average molecular weight is 435 g/mol. The maximum atomic E-state index is 6.47. The number of fused-ring (bicyclic) bond motifs is 2. The van der Waals surface area contributed by atoms with Gasteiger partial charge in [-0.25, -0.2) is 4.98 Å². The van der Waals surface area contributed by atoms with Gasteiger partial charge in [-0.1, -0.05) is 48.1 Å². The van der Waals surface area contributed by atoms with E-state index < -0.39 is 0 Å². The van der Waals surface area contributed by atoms with Crippen LogP contribution in [0.4, 0.5) is 0 Å². The standard InChI is InChI=1S/C24H19ClN2O2S/c25-19-7-5-15(13-18(19)24-26-20-3-1-2-4-21(20)27-24)11-17(30)12-16-6-8-22-23(14-16)29-10-9-28-22/h1-8,13-14H,9-12H2,(H,26,27). The molecule has 0 amide bonds. The Hall–Kier alpha value is -2.89. The zero-order valence-corrected chi connectivity index (χ0v) is 17.7. The fourth-order valence-corrected chi connectivity index (χ4v) is 4.20. The highest BCUT2D eigenvalue weighted by Crippen LogP contribution is 2.32. The van der Waals surface area contributed by atoms with Gasteiger partial charge in [0.2, 0.25) is 0 Å². The van der Waals surface area contributed by atoms with Gasteiger partial charge in [-0.05, 0) is 47.5 Å². The molecular weight excluding hydrogens is 416 g/mol. The summed E-state index contributed by atoms with van der Waals surface area (Å²) in [5.74, 6) is 2.35. The third-order valence-corrected chi connectivity index (χ3v) is 5.70. The maximum Gasteiger partial charge on any atom is 0.161 e. The molecule has 0 unspecified atom stereocenters. The van der Waals surface area contributed by atoms with E-state index in [4.69, 9.17) is 33.3 Å². The molecule has 0 aliphatic carbocycles. The first-order chi connectivity index (χ1) is 14.7. The van der Waals surface area contributed by atoms with E-state index in [1.807, 2.05) is 54.6 Å². The number of nitrogens with zero attached hydrogens (tertiary/aromatic N) is 1. The van der Waals surface area contributed by atoms with E-state index in [1.54, 1.807) is 0 Å². The van der Waals surface area contributed by atoms with Crippen LogP contribution in [-0.2, 0) is 12.8 Å². The Morgan fingerprint density at radius 1 is 0.933 bits per heavy atom. The van der Waals surface area contributed by atoms with Gasteiger partial charge in [0.1, 0.15) is 19.0 Å². The van der Waals surface area contributed by atoms with Crippen LogP contribution in [0.3, 0.4) is 0 Å². The van der Waals surface area contributed by atoms with E-state index in [-0.39, 0.29) is 0 Å². The summed E-state index contributed by atoms with van der Waals surface area (Å²) in [5, 5.41) is 0.663. The van der Waals surface area contributed by atoms with Crippen LogP contribution in [0.5, 0.6) is 11.5 Å². The predicted molar refractivity (Wildman–Crippen MR) is 124 cm³/mol. The highest BCUT2D eigenvalue weighted by Gasteiger charge is 2.14. The zero-order valence-electron chi connectivity index (χ0n) is 16.2. The normalized spacial score (nSPS) is 12.8. The molecule has 6 heteroatoms. The Balaban J connectivity index is 1.35. The molecule has 0 bridgehead atoms. The van der Waals surface area contributed by atoms with Crippen LogP contribution in [0.15, 0.2) is 60.7 Å².